The molecule has 0 fully saturated rings. The van der Waals surface area contributed by atoms with Gasteiger partial charge in [-0.15, -0.1) is 11.3 Å². The van der Waals surface area contributed by atoms with Crippen LogP contribution in [0.25, 0.3) is 0 Å². The first kappa shape index (κ1) is 16.8. The molecule has 0 aliphatic rings. The first-order valence-electron chi connectivity index (χ1n) is 7.27. The number of halogens is 2. The minimum Gasteiger partial charge on any atom is -0.310 e. The predicted molar refractivity (Wildman–Crippen MR) is 91.7 cm³/mol. The van der Waals surface area contributed by atoms with Gasteiger partial charge in [0.2, 0.25) is 0 Å². The van der Waals surface area contributed by atoms with E-state index in [9.17, 15) is 0 Å². The molecule has 3 nitrogen and oxygen atoms in total. The van der Waals surface area contributed by atoms with Gasteiger partial charge >= 0.3 is 0 Å². The van der Waals surface area contributed by atoms with Crippen molar-refractivity contribution >= 4 is 34.5 Å². The Morgan fingerprint density at radius 2 is 2.14 bits per heavy atom. The second-order valence-electron chi connectivity index (χ2n) is 5.14. The van der Waals surface area contributed by atoms with E-state index in [0.717, 1.165) is 39.3 Å². The molecule has 2 rings (SSSR count). The average molecular weight is 346 g/mol. The average Bonchev–Trinajstić information content (AvgIpc) is 3.04. The standard InChI is InChI=1S/C15H21Cl2N3S/c1-4-10(3)20-7-6-11(19-20)8-13(18-5-2)12-9-14(16)21-15(12)17/h6-7,9-10,13,18H,4-5,8H2,1-3H3. The molecule has 0 bridgehead atoms. The summed E-state index contributed by atoms with van der Waals surface area (Å²) in [7, 11) is 0. The van der Waals surface area contributed by atoms with Gasteiger partial charge in [-0.2, -0.15) is 5.10 Å². The van der Waals surface area contributed by atoms with Crippen molar-refractivity contribution in [2.75, 3.05) is 6.54 Å². The van der Waals surface area contributed by atoms with Crippen molar-refractivity contribution in [1.82, 2.24) is 15.1 Å². The van der Waals surface area contributed by atoms with Crippen molar-refractivity contribution in [2.45, 2.75) is 45.7 Å². The lowest BCUT2D eigenvalue weighted by molar-refractivity contribution is 0.467. The zero-order chi connectivity index (χ0) is 15.4. The van der Waals surface area contributed by atoms with E-state index in [2.05, 4.69) is 43.4 Å². The fourth-order valence-corrected chi connectivity index (χ4v) is 3.84. The fraction of sp³-hybridized carbons (Fsp3) is 0.533. The van der Waals surface area contributed by atoms with Crippen molar-refractivity contribution in [2.24, 2.45) is 0 Å². The smallest absolute Gasteiger partial charge is 0.0992 e. The first-order valence-corrected chi connectivity index (χ1v) is 8.84. The summed E-state index contributed by atoms with van der Waals surface area (Å²) < 4.78 is 3.51. The van der Waals surface area contributed by atoms with E-state index in [1.807, 2.05) is 10.7 Å². The Hall–Kier alpha value is -0.550. The van der Waals surface area contributed by atoms with Gasteiger partial charge in [-0.25, -0.2) is 0 Å². The van der Waals surface area contributed by atoms with Crippen LogP contribution in [0.4, 0.5) is 0 Å². The van der Waals surface area contributed by atoms with Crippen LogP contribution in [0, 0.1) is 0 Å². The monoisotopic (exact) mass is 345 g/mol. The molecule has 0 radical (unpaired) electrons. The lowest BCUT2D eigenvalue weighted by Crippen LogP contribution is -2.23. The first-order chi connectivity index (χ1) is 10.0. The number of nitrogens with one attached hydrogen (secondary N) is 1. The Bertz CT molecular complexity index is 579. The van der Waals surface area contributed by atoms with Crippen molar-refractivity contribution in [1.29, 1.82) is 0 Å². The highest BCUT2D eigenvalue weighted by Gasteiger charge is 2.18. The molecule has 2 unspecified atom stereocenters. The molecule has 6 heteroatoms. The highest BCUT2D eigenvalue weighted by atomic mass is 35.5. The molecule has 1 N–H and O–H groups in total. The highest BCUT2D eigenvalue weighted by Crippen LogP contribution is 2.36. The maximum atomic E-state index is 6.29. The number of thiophene rings is 1. The molecule has 0 aliphatic heterocycles. The van der Waals surface area contributed by atoms with Crippen LogP contribution >= 0.6 is 34.5 Å². The molecule has 2 aromatic rings. The van der Waals surface area contributed by atoms with Crippen molar-refractivity contribution in [3.8, 4) is 0 Å². The third kappa shape index (κ3) is 4.22. The Kier molecular flexibility index (Phi) is 6.11. The number of hydrogen-bond donors (Lipinski definition) is 1. The lowest BCUT2D eigenvalue weighted by atomic mass is 10.1. The summed E-state index contributed by atoms with van der Waals surface area (Å²) in [5, 5.41) is 8.14. The van der Waals surface area contributed by atoms with E-state index in [-0.39, 0.29) is 6.04 Å². The van der Waals surface area contributed by atoms with E-state index >= 15 is 0 Å². The fourth-order valence-electron chi connectivity index (χ4n) is 2.26. The van der Waals surface area contributed by atoms with Gasteiger partial charge in [-0.05, 0) is 32.0 Å². The predicted octanol–water partition coefficient (Wildman–Crippen LogP) is 5.12. The molecule has 0 saturated heterocycles. The summed E-state index contributed by atoms with van der Waals surface area (Å²) >= 11 is 13.8. The summed E-state index contributed by atoms with van der Waals surface area (Å²) in [5.41, 5.74) is 2.13. The van der Waals surface area contributed by atoms with Crippen LogP contribution in [0.15, 0.2) is 18.3 Å². The second kappa shape index (κ2) is 7.63. The molecule has 0 amide bonds. The van der Waals surface area contributed by atoms with Gasteiger partial charge in [0, 0.05) is 30.3 Å². The molecule has 116 valence electrons. The van der Waals surface area contributed by atoms with Gasteiger partial charge in [-0.3, -0.25) is 4.68 Å². The normalized spacial score (nSPS) is 14.3. The number of likely N-dealkylation sites (N-methyl/N-ethyl adjacent to an activating group) is 1. The minimum absolute atomic E-state index is 0.145. The molecular formula is C15H21Cl2N3S. The second-order valence-corrected chi connectivity index (χ2v) is 7.42. The minimum atomic E-state index is 0.145. The van der Waals surface area contributed by atoms with Gasteiger partial charge in [-0.1, -0.05) is 37.0 Å². The molecular weight excluding hydrogens is 325 g/mol. The van der Waals surface area contributed by atoms with E-state index < -0.39 is 0 Å². The van der Waals surface area contributed by atoms with Gasteiger partial charge in [0.15, 0.2) is 0 Å². The number of hydrogen-bond acceptors (Lipinski definition) is 3. The van der Waals surface area contributed by atoms with Crippen LogP contribution in [0.2, 0.25) is 8.67 Å². The van der Waals surface area contributed by atoms with Gasteiger partial charge in [0.05, 0.1) is 14.4 Å². The Balaban J connectivity index is 2.16. The van der Waals surface area contributed by atoms with E-state index in [1.165, 1.54) is 11.3 Å². The number of nitrogens with zero attached hydrogens (tertiary/aromatic N) is 2. The zero-order valence-corrected chi connectivity index (χ0v) is 14.9. The van der Waals surface area contributed by atoms with Crippen LogP contribution in [0.3, 0.4) is 0 Å². The summed E-state index contributed by atoms with van der Waals surface area (Å²) in [6, 6.07) is 4.60. The zero-order valence-electron chi connectivity index (χ0n) is 12.6. The Labute approximate surface area is 140 Å². The molecule has 2 heterocycles. The van der Waals surface area contributed by atoms with Crippen LogP contribution in [0.1, 0.15) is 50.5 Å². The highest BCUT2D eigenvalue weighted by molar-refractivity contribution is 7.20. The van der Waals surface area contributed by atoms with Crippen molar-refractivity contribution < 1.29 is 0 Å². The van der Waals surface area contributed by atoms with Crippen LogP contribution in [-0.2, 0) is 6.42 Å². The molecule has 0 aromatic carbocycles. The van der Waals surface area contributed by atoms with Gasteiger partial charge in [0.1, 0.15) is 0 Å². The summed E-state index contributed by atoms with van der Waals surface area (Å²) in [6.07, 6.45) is 3.93. The molecule has 2 atom stereocenters. The largest absolute Gasteiger partial charge is 0.310 e. The third-order valence-corrected chi connectivity index (χ3v) is 5.15. The SMILES string of the molecule is CCNC(Cc1ccn(C(C)CC)n1)c1cc(Cl)sc1Cl. The summed E-state index contributed by atoms with van der Waals surface area (Å²) in [4.78, 5) is 0. The van der Waals surface area contributed by atoms with Crippen LogP contribution in [0.5, 0.6) is 0 Å². The Morgan fingerprint density at radius 3 is 2.71 bits per heavy atom. The van der Waals surface area contributed by atoms with E-state index in [1.54, 1.807) is 0 Å². The molecule has 0 spiro atoms. The van der Waals surface area contributed by atoms with Crippen LogP contribution < -0.4 is 5.32 Å². The maximum Gasteiger partial charge on any atom is 0.0992 e. The third-order valence-electron chi connectivity index (χ3n) is 3.63. The molecule has 0 saturated carbocycles. The van der Waals surface area contributed by atoms with E-state index in [0.29, 0.717) is 6.04 Å². The van der Waals surface area contributed by atoms with Crippen molar-refractivity contribution in [3.63, 3.8) is 0 Å². The maximum absolute atomic E-state index is 6.29. The quantitative estimate of drug-likeness (QED) is 0.754. The summed E-state index contributed by atoms with van der Waals surface area (Å²) in [5.74, 6) is 0. The van der Waals surface area contributed by atoms with Crippen LogP contribution in [-0.4, -0.2) is 16.3 Å². The van der Waals surface area contributed by atoms with Crippen molar-refractivity contribution in [3.05, 3.63) is 38.3 Å². The number of rotatable bonds is 7. The topological polar surface area (TPSA) is 29.9 Å². The molecule has 0 aliphatic carbocycles. The number of aromatic nitrogens is 2. The van der Waals surface area contributed by atoms with Gasteiger partial charge in [0.25, 0.3) is 0 Å². The summed E-state index contributed by atoms with van der Waals surface area (Å²) in [6.45, 7) is 7.31. The molecule has 2 aromatic heterocycles. The Morgan fingerprint density at radius 1 is 1.38 bits per heavy atom. The van der Waals surface area contributed by atoms with E-state index in [4.69, 9.17) is 23.2 Å². The van der Waals surface area contributed by atoms with Gasteiger partial charge < -0.3 is 5.32 Å². The molecule has 21 heavy (non-hydrogen) atoms. The lowest BCUT2D eigenvalue weighted by Gasteiger charge is -2.16.